The second-order valence-electron chi connectivity index (χ2n) is 6.98. The molecule has 0 bridgehead atoms. The molecule has 0 spiro atoms. The average Bonchev–Trinajstić information content (AvgIpc) is 3.26. The monoisotopic (exact) mass is 448 g/mol. The number of nitrogens with zero attached hydrogens (tertiary/aromatic N) is 2. The van der Waals surface area contributed by atoms with Crippen molar-refractivity contribution in [2.24, 2.45) is 0 Å². The zero-order chi connectivity index (χ0) is 22.2. The number of halogens is 3. The van der Waals surface area contributed by atoms with E-state index < -0.39 is 11.7 Å². The molecule has 31 heavy (non-hydrogen) atoms. The topological polar surface area (TPSA) is 51.7 Å². The zero-order valence-corrected chi connectivity index (χ0v) is 17.6. The largest absolute Gasteiger partial charge is 0.493 e. The molecule has 1 aliphatic heterocycles. The summed E-state index contributed by atoms with van der Waals surface area (Å²) in [4.78, 5) is 19.1. The van der Waals surface area contributed by atoms with Gasteiger partial charge >= 0.3 is 6.18 Å². The number of para-hydroxylation sites is 1. The number of aryl methyl sites for hydroxylation is 1. The molecule has 3 aromatic rings. The normalized spacial score (nSPS) is 13.6. The van der Waals surface area contributed by atoms with Crippen molar-refractivity contribution < 1.29 is 27.4 Å². The van der Waals surface area contributed by atoms with Crippen LogP contribution in [0.1, 0.15) is 28.0 Å². The first kappa shape index (κ1) is 21.2. The second-order valence-corrected chi connectivity index (χ2v) is 7.84. The molecule has 1 amide bonds. The van der Waals surface area contributed by atoms with Crippen molar-refractivity contribution in [2.45, 2.75) is 19.0 Å². The van der Waals surface area contributed by atoms with Gasteiger partial charge in [-0.3, -0.25) is 4.79 Å². The maximum atomic E-state index is 13.2. The summed E-state index contributed by atoms with van der Waals surface area (Å²) in [5, 5.41) is 2.23. The molecule has 0 N–H and O–H groups in total. The van der Waals surface area contributed by atoms with E-state index in [4.69, 9.17) is 9.47 Å². The number of ether oxygens (including phenoxy) is 2. The standard InChI is InChI=1S/C22H19F3N2O3S/c1-29-18-7-3-6-15(19(18)30-2)20-26-16(12-31-20)21(28)27-10-4-5-13-11-14(22(23,24)25)8-9-17(13)27/h3,6-9,11-12H,4-5,10H2,1-2H3. The van der Waals surface area contributed by atoms with E-state index >= 15 is 0 Å². The van der Waals surface area contributed by atoms with Gasteiger partial charge < -0.3 is 14.4 Å². The van der Waals surface area contributed by atoms with Crippen molar-refractivity contribution >= 4 is 22.9 Å². The SMILES string of the molecule is COc1cccc(-c2nc(C(=O)N3CCCc4cc(C(F)(F)F)ccc43)cs2)c1OC. The Bertz CT molecular complexity index is 1130. The Morgan fingerprint density at radius 1 is 1.16 bits per heavy atom. The molecule has 4 rings (SSSR count). The molecule has 0 unspecified atom stereocenters. The number of alkyl halides is 3. The van der Waals surface area contributed by atoms with E-state index in [2.05, 4.69) is 4.98 Å². The van der Waals surface area contributed by atoms with Crippen LogP contribution in [0, 0.1) is 0 Å². The number of thiazole rings is 1. The summed E-state index contributed by atoms with van der Waals surface area (Å²) >= 11 is 1.29. The van der Waals surface area contributed by atoms with Crippen LogP contribution in [0.4, 0.5) is 18.9 Å². The van der Waals surface area contributed by atoms with Crippen LogP contribution < -0.4 is 14.4 Å². The molecular weight excluding hydrogens is 429 g/mol. The van der Waals surface area contributed by atoms with Gasteiger partial charge in [-0.15, -0.1) is 11.3 Å². The van der Waals surface area contributed by atoms with Crippen molar-refractivity contribution in [2.75, 3.05) is 25.7 Å². The highest BCUT2D eigenvalue weighted by atomic mass is 32.1. The molecule has 9 heteroatoms. The van der Waals surface area contributed by atoms with Gasteiger partial charge in [0.05, 0.1) is 25.3 Å². The van der Waals surface area contributed by atoms with E-state index in [1.807, 2.05) is 6.07 Å². The summed E-state index contributed by atoms with van der Waals surface area (Å²) in [5.41, 5.74) is 1.23. The minimum Gasteiger partial charge on any atom is -0.493 e. The Balaban J connectivity index is 1.66. The number of methoxy groups -OCH3 is 2. The van der Waals surface area contributed by atoms with Gasteiger partial charge in [0.15, 0.2) is 11.5 Å². The van der Waals surface area contributed by atoms with Crippen LogP contribution in [0.25, 0.3) is 10.6 Å². The fourth-order valence-corrected chi connectivity index (χ4v) is 4.49. The Morgan fingerprint density at radius 3 is 2.68 bits per heavy atom. The predicted molar refractivity (Wildman–Crippen MR) is 112 cm³/mol. The summed E-state index contributed by atoms with van der Waals surface area (Å²) in [6.07, 6.45) is -3.34. The molecule has 0 saturated heterocycles. The number of benzene rings is 2. The highest BCUT2D eigenvalue weighted by molar-refractivity contribution is 7.13. The molecular formula is C22H19F3N2O3S. The molecule has 2 aromatic carbocycles. The van der Waals surface area contributed by atoms with E-state index in [9.17, 15) is 18.0 Å². The highest BCUT2D eigenvalue weighted by Crippen LogP contribution is 2.40. The number of rotatable bonds is 4. The van der Waals surface area contributed by atoms with Crippen LogP contribution in [0.5, 0.6) is 11.5 Å². The second kappa shape index (κ2) is 8.22. The van der Waals surface area contributed by atoms with E-state index in [-0.39, 0.29) is 11.6 Å². The van der Waals surface area contributed by atoms with Gasteiger partial charge in [0.2, 0.25) is 0 Å². The molecule has 1 aromatic heterocycles. The number of carbonyl (C=O) groups is 1. The number of hydrogen-bond donors (Lipinski definition) is 0. The summed E-state index contributed by atoms with van der Waals surface area (Å²) in [6.45, 7) is 0.423. The van der Waals surface area contributed by atoms with Crippen LogP contribution in [0.15, 0.2) is 41.8 Å². The summed E-state index contributed by atoms with van der Waals surface area (Å²) in [6, 6.07) is 8.90. The molecule has 162 valence electrons. The van der Waals surface area contributed by atoms with Gasteiger partial charge in [0.1, 0.15) is 10.7 Å². The predicted octanol–water partition coefficient (Wildman–Crippen LogP) is 5.44. The smallest absolute Gasteiger partial charge is 0.416 e. The fraction of sp³-hybridized carbons (Fsp3) is 0.273. The van der Waals surface area contributed by atoms with Gasteiger partial charge in [-0.2, -0.15) is 13.2 Å². The van der Waals surface area contributed by atoms with Crippen LogP contribution in [-0.4, -0.2) is 31.7 Å². The maximum absolute atomic E-state index is 13.2. The number of carbonyl (C=O) groups excluding carboxylic acids is 1. The van der Waals surface area contributed by atoms with E-state index in [0.717, 1.165) is 12.1 Å². The lowest BCUT2D eigenvalue weighted by Crippen LogP contribution is -2.35. The van der Waals surface area contributed by atoms with Crippen LogP contribution in [-0.2, 0) is 12.6 Å². The van der Waals surface area contributed by atoms with E-state index in [1.165, 1.54) is 36.5 Å². The van der Waals surface area contributed by atoms with Gasteiger partial charge in [-0.25, -0.2) is 4.98 Å². The van der Waals surface area contributed by atoms with Crippen molar-refractivity contribution in [3.63, 3.8) is 0 Å². The minimum absolute atomic E-state index is 0.234. The first-order valence-electron chi connectivity index (χ1n) is 9.52. The molecule has 0 atom stereocenters. The van der Waals surface area contributed by atoms with Crippen LogP contribution >= 0.6 is 11.3 Å². The molecule has 2 heterocycles. The third-order valence-corrected chi connectivity index (χ3v) is 6.00. The maximum Gasteiger partial charge on any atom is 0.416 e. The van der Waals surface area contributed by atoms with Gasteiger partial charge in [0, 0.05) is 17.6 Å². The van der Waals surface area contributed by atoms with Crippen LogP contribution in [0.3, 0.4) is 0 Å². The summed E-state index contributed by atoms with van der Waals surface area (Å²) in [7, 11) is 3.07. The quantitative estimate of drug-likeness (QED) is 0.534. The first-order chi connectivity index (χ1) is 14.8. The molecule has 0 saturated carbocycles. The van der Waals surface area contributed by atoms with E-state index in [1.54, 1.807) is 17.5 Å². The number of fused-ring (bicyclic) bond motifs is 1. The van der Waals surface area contributed by atoms with E-state index in [0.29, 0.717) is 52.7 Å². The minimum atomic E-state index is -4.42. The lowest BCUT2D eigenvalue weighted by Gasteiger charge is -2.29. The lowest BCUT2D eigenvalue weighted by molar-refractivity contribution is -0.137. The highest BCUT2D eigenvalue weighted by Gasteiger charge is 2.33. The Labute approximate surface area is 181 Å². The van der Waals surface area contributed by atoms with Gasteiger partial charge in [-0.05, 0) is 48.7 Å². The molecule has 0 aliphatic carbocycles. The van der Waals surface area contributed by atoms with Crippen LogP contribution in [0.2, 0.25) is 0 Å². The summed E-state index contributed by atoms with van der Waals surface area (Å²) in [5.74, 6) is 0.722. The number of anilines is 1. The van der Waals surface area contributed by atoms with Crippen molar-refractivity contribution in [3.8, 4) is 22.1 Å². The number of aromatic nitrogens is 1. The number of amides is 1. The first-order valence-corrected chi connectivity index (χ1v) is 10.4. The molecule has 0 radical (unpaired) electrons. The van der Waals surface area contributed by atoms with Crippen molar-refractivity contribution in [3.05, 3.63) is 58.6 Å². The average molecular weight is 448 g/mol. The summed E-state index contributed by atoms with van der Waals surface area (Å²) < 4.78 is 49.9. The van der Waals surface area contributed by atoms with Crippen molar-refractivity contribution in [1.29, 1.82) is 0 Å². The Kier molecular flexibility index (Phi) is 5.62. The zero-order valence-electron chi connectivity index (χ0n) is 16.8. The third kappa shape index (κ3) is 3.97. The van der Waals surface area contributed by atoms with Gasteiger partial charge in [-0.1, -0.05) is 6.07 Å². The molecule has 0 fully saturated rings. The number of hydrogen-bond acceptors (Lipinski definition) is 5. The van der Waals surface area contributed by atoms with Crippen molar-refractivity contribution in [1.82, 2.24) is 4.98 Å². The third-order valence-electron chi connectivity index (χ3n) is 5.13. The Morgan fingerprint density at radius 2 is 1.97 bits per heavy atom. The molecule has 1 aliphatic rings. The molecule has 5 nitrogen and oxygen atoms in total. The lowest BCUT2D eigenvalue weighted by atomic mass is 9.98. The fourth-order valence-electron chi connectivity index (χ4n) is 3.67. The van der Waals surface area contributed by atoms with Gasteiger partial charge in [0.25, 0.3) is 5.91 Å². The Hall–Kier alpha value is -3.07.